The molecule has 1 aromatic heterocycles. The van der Waals surface area contributed by atoms with E-state index in [0.29, 0.717) is 5.69 Å². The van der Waals surface area contributed by atoms with Crippen LogP contribution in [-0.2, 0) is 0 Å². The van der Waals surface area contributed by atoms with E-state index in [1.165, 1.54) is 5.56 Å². The van der Waals surface area contributed by atoms with Crippen molar-refractivity contribution in [3.63, 3.8) is 0 Å². The average molecular weight is 243 g/mol. The molecule has 0 saturated carbocycles. The first-order valence-electron chi connectivity index (χ1n) is 5.81. The van der Waals surface area contributed by atoms with Crippen LogP contribution < -0.4 is 15.8 Å². The molecule has 2 rings (SSSR count). The Balaban J connectivity index is 2.06. The summed E-state index contributed by atoms with van der Waals surface area (Å²) in [6, 6.07) is 11.8. The fraction of sp³-hybridized carbons (Fsp3) is 0.214. The largest absolute Gasteiger partial charge is 0.497 e. The van der Waals surface area contributed by atoms with Crippen molar-refractivity contribution < 1.29 is 4.74 Å². The van der Waals surface area contributed by atoms with Gasteiger partial charge in [0.25, 0.3) is 0 Å². The van der Waals surface area contributed by atoms with E-state index in [0.717, 1.165) is 11.6 Å². The Kier molecular flexibility index (Phi) is 3.67. The summed E-state index contributed by atoms with van der Waals surface area (Å²) >= 11 is 0. The van der Waals surface area contributed by atoms with Gasteiger partial charge in [0, 0.05) is 6.04 Å². The highest BCUT2D eigenvalue weighted by Crippen LogP contribution is 2.20. The van der Waals surface area contributed by atoms with Crippen molar-refractivity contribution >= 4 is 11.5 Å². The summed E-state index contributed by atoms with van der Waals surface area (Å²) < 4.78 is 5.13. The van der Waals surface area contributed by atoms with Crippen LogP contribution in [0.15, 0.2) is 42.6 Å². The van der Waals surface area contributed by atoms with Crippen molar-refractivity contribution in [1.82, 2.24) is 4.98 Å². The minimum absolute atomic E-state index is 0.173. The highest BCUT2D eigenvalue weighted by Gasteiger charge is 2.05. The molecule has 1 heterocycles. The number of ether oxygens (including phenoxy) is 1. The molecule has 0 aliphatic rings. The Morgan fingerprint density at radius 3 is 2.44 bits per heavy atom. The minimum Gasteiger partial charge on any atom is -0.497 e. The van der Waals surface area contributed by atoms with E-state index in [1.54, 1.807) is 13.3 Å². The standard InChI is InChI=1S/C14H17N3O/c1-10(11-3-6-13(18-2)7-4-11)17-14-8-5-12(15)9-16-14/h3-10H,15H2,1-2H3,(H,16,17). The van der Waals surface area contributed by atoms with Gasteiger partial charge in [-0.3, -0.25) is 0 Å². The van der Waals surface area contributed by atoms with Crippen LogP contribution in [0.1, 0.15) is 18.5 Å². The number of hydrogen-bond donors (Lipinski definition) is 2. The molecule has 94 valence electrons. The molecule has 0 amide bonds. The molecule has 0 bridgehead atoms. The number of aromatic nitrogens is 1. The van der Waals surface area contributed by atoms with Crippen molar-refractivity contribution in [2.45, 2.75) is 13.0 Å². The van der Waals surface area contributed by atoms with Crippen LogP contribution in [0.5, 0.6) is 5.75 Å². The number of benzene rings is 1. The summed E-state index contributed by atoms with van der Waals surface area (Å²) in [5, 5.41) is 3.32. The summed E-state index contributed by atoms with van der Waals surface area (Å²) in [6.45, 7) is 2.08. The zero-order chi connectivity index (χ0) is 13.0. The number of methoxy groups -OCH3 is 1. The van der Waals surface area contributed by atoms with Gasteiger partial charge in [-0.05, 0) is 36.8 Å². The van der Waals surface area contributed by atoms with Gasteiger partial charge in [-0.1, -0.05) is 12.1 Å². The number of hydrogen-bond acceptors (Lipinski definition) is 4. The Morgan fingerprint density at radius 2 is 1.89 bits per heavy atom. The van der Waals surface area contributed by atoms with Gasteiger partial charge in [0.05, 0.1) is 19.0 Å². The molecular formula is C14H17N3O. The number of rotatable bonds is 4. The smallest absolute Gasteiger partial charge is 0.126 e. The molecule has 0 aliphatic heterocycles. The summed E-state index contributed by atoms with van der Waals surface area (Å²) in [5.41, 5.74) is 7.44. The Hall–Kier alpha value is -2.23. The van der Waals surface area contributed by atoms with Gasteiger partial charge in [0.15, 0.2) is 0 Å². The molecule has 3 N–H and O–H groups in total. The van der Waals surface area contributed by atoms with E-state index in [9.17, 15) is 0 Å². The predicted octanol–water partition coefficient (Wildman–Crippen LogP) is 2.85. The van der Waals surface area contributed by atoms with Crippen LogP contribution >= 0.6 is 0 Å². The molecule has 0 radical (unpaired) electrons. The maximum absolute atomic E-state index is 5.60. The lowest BCUT2D eigenvalue weighted by molar-refractivity contribution is 0.414. The lowest BCUT2D eigenvalue weighted by atomic mass is 10.1. The summed E-state index contributed by atoms with van der Waals surface area (Å²) in [7, 11) is 1.66. The minimum atomic E-state index is 0.173. The number of anilines is 2. The highest BCUT2D eigenvalue weighted by molar-refractivity contribution is 5.45. The van der Waals surface area contributed by atoms with E-state index in [4.69, 9.17) is 10.5 Å². The molecule has 1 unspecified atom stereocenters. The third-order valence-electron chi connectivity index (χ3n) is 2.77. The van der Waals surface area contributed by atoms with Gasteiger partial charge in [-0.2, -0.15) is 0 Å². The molecule has 0 aliphatic carbocycles. The van der Waals surface area contributed by atoms with Crippen LogP contribution in [0, 0.1) is 0 Å². The van der Waals surface area contributed by atoms with Gasteiger partial charge >= 0.3 is 0 Å². The van der Waals surface area contributed by atoms with Gasteiger partial charge in [-0.15, -0.1) is 0 Å². The molecule has 0 fully saturated rings. The van der Waals surface area contributed by atoms with Crippen LogP contribution in [-0.4, -0.2) is 12.1 Å². The van der Waals surface area contributed by atoms with Crippen LogP contribution in [0.2, 0.25) is 0 Å². The first-order chi connectivity index (χ1) is 8.69. The third kappa shape index (κ3) is 2.91. The molecule has 0 saturated heterocycles. The van der Waals surface area contributed by atoms with E-state index in [1.807, 2.05) is 36.4 Å². The van der Waals surface area contributed by atoms with E-state index < -0.39 is 0 Å². The van der Waals surface area contributed by atoms with Gasteiger partial charge in [0.2, 0.25) is 0 Å². The van der Waals surface area contributed by atoms with Crippen molar-refractivity contribution in [1.29, 1.82) is 0 Å². The Labute approximate surface area is 107 Å². The number of nitrogen functional groups attached to an aromatic ring is 1. The van der Waals surface area contributed by atoms with Crippen molar-refractivity contribution in [2.75, 3.05) is 18.2 Å². The lowest BCUT2D eigenvalue weighted by Crippen LogP contribution is -2.07. The average Bonchev–Trinajstić information content (AvgIpc) is 2.41. The quantitative estimate of drug-likeness (QED) is 0.866. The summed E-state index contributed by atoms with van der Waals surface area (Å²) in [5.74, 6) is 1.67. The monoisotopic (exact) mass is 243 g/mol. The second-order valence-electron chi connectivity index (χ2n) is 4.12. The first-order valence-corrected chi connectivity index (χ1v) is 5.81. The van der Waals surface area contributed by atoms with Crippen molar-refractivity contribution in [3.8, 4) is 5.75 Å². The van der Waals surface area contributed by atoms with Gasteiger partial charge < -0.3 is 15.8 Å². The van der Waals surface area contributed by atoms with Gasteiger partial charge in [-0.25, -0.2) is 4.98 Å². The Bertz CT molecular complexity index is 493. The summed E-state index contributed by atoms with van der Waals surface area (Å²) in [6.07, 6.45) is 1.64. The third-order valence-corrected chi connectivity index (χ3v) is 2.77. The molecular weight excluding hydrogens is 226 g/mol. The van der Waals surface area contributed by atoms with Crippen LogP contribution in [0.25, 0.3) is 0 Å². The predicted molar refractivity (Wildman–Crippen MR) is 73.7 cm³/mol. The topological polar surface area (TPSA) is 60.2 Å². The number of nitrogens with zero attached hydrogens (tertiary/aromatic N) is 1. The van der Waals surface area contributed by atoms with E-state index >= 15 is 0 Å². The molecule has 4 nitrogen and oxygen atoms in total. The highest BCUT2D eigenvalue weighted by atomic mass is 16.5. The molecule has 0 spiro atoms. The van der Waals surface area contributed by atoms with Gasteiger partial charge in [0.1, 0.15) is 11.6 Å². The van der Waals surface area contributed by atoms with E-state index in [-0.39, 0.29) is 6.04 Å². The first kappa shape index (κ1) is 12.2. The SMILES string of the molecule is COc1ccc(C(C)Nc2ccc(N)cn2)cc1. The number of nitrogens with one attached hydrogen (secondary N) is 1. The molecule has 1 aromatic carbocycles. The van der Waals surface area contributed by atoms with Crippen LogP contribution in [0.4, 0.5) is 11.5 Å². The van der Waals surface area contributed by atoms with Crippen molar-refractivity contribution in [2.24, 2.45) is 0 Å². The number of nitrogens with two attached hydrogens (primary N) is 1. The molecule has 2 aromatic rings. The fourth-order valence-corrected chi connectivity index (χ4v) is 1.69. The summed E-state index contributed by atoms with van der Waals surface area (Å²) in [4.78, 5) is 4.22. The maximum atomic E-state index is 5.60. The molecule has 4 heteroatoms. The van der Waals surface area contributed by atoms with E-state index in [2.05, 4.69) is 17.2 Å². The van der Waals surface area contributed by atoms with Crippen molar-refractivity contribution in [3.05, 3.63) is 48.2 Å². The zero-order valence-electron chi connectivity index (χ0n) is 10.6. The lowest BCUT2D eigenvalue weighted by Gasteiger charge is -2.15. The second-order valence-corrected chi connectivity index (χ2v) is 4.12. The number of pyridine rings is 1. The Morgan fingerprint density at radius 1 is 1.17 bits per heavy atom. The second kappa shape index (κ2) is 5.40. The maximum Gasteiger partial charge on any atom is 0.126 e. The molecule has 1 atom stereocenters. The fourth-order valence-electron chi connectivity index (χ4n) is 1.69. The molecule has 18 heavy (non-hydrogen) atoms. The zero-order valence-corrected chi connectivity index (χ0v) is 10.6. The normalized spacial score (nSPS) is 11.9. The van der Waals surface area contributed by atoms with Crippen LogP contribution in [0.3, 0.4) is 0 Å².